The Kier molecular flexibility index (Phi) is 5.46. The van der Waals surface area contributed by atoms with Crippen LogP contribution < -0.4 is 0 Å². The summed E-state index contributed by atoms with van der Waals surface area (Å²) in [5, 5.41) is 9.30. The van der Waals surface area contributed by atoms with Crippen LogP contribution in [0, 0.1) is 11.6 Å². The van der Waals surface area contributed by atoms with Crippen LogP contribution in [0.25, 0.3) is 0 Å². The van der Waals surface area contributed by atoms with E-state index in [0.29, 0.717) is 6.54 Å². The summed E-state index contributed by atoms with van der Waals surface area (Å²) in [5.74, 6) is -1.58. The smallest absolute Gasteiger partial charge is 0.159 e. The number of hydrogen-bond acceptors (Lipinski definition) is 3. The molecule has 0 amide bonds. The first kappa shape index (κ1) is 15.4. The predicted octanol–water partition coefficient (Wildman–Crippen LogP) is 1.85. The van der Waals surface area contributed by atoms with Gasteiger partial charge in [0, 0.05) is 38.8 Å². The molecule has 1 heterocycles. The summed E-state index contributed by atoms with van der Waals surface area (Å²) < 4.78 is 26.0. The Morgan fingerprint density at radius 1 is 1.15 bits per heavy atom. The molecule has 1 aliphatic heterocycles. The Bertz CT molecular complexity index is 430. The van der Waals surface area contributed by atoms with Gasteiger partial charge < -0.3 is 5.11 Å². The molecule has 112 valence electrons. The number of aliphatic hydroxyl groups is 1. The maximum absolute atomic E-state index is 13.2. The van der Waals surface area contributed by atoms with Crippen LogP contribution in [0.3, 0.4) is 0 Å². The standard InChI is InChI=1S/C15H22F2N2O/c1-2-13(11-20)19-7-5-18(6-8-19)10-12-3-4-14(16)15(17)9-12/h3-4,9,13,20H,2,5-8,10-11H2,1H3. The highest BCUT2D eigenvalue weighted by Crippen LogP contribution is 2.14. The summed E-state index contributed by atoms with van der Waals surface area (Å²) in [5.41, 5.74) is 0.798. The Balaban J connectivity index is 1.86. The molecule has 3 nitrogen and oxygen atoms in total. The molecule has 1 unspecified atom stereocenters. The fraction of sp³-hybridized carbons (Fsp3) is 0.600. The fourth-order valence-electron chi connectivity index (χ4n) is 2.69. The van der Waals surface area contributed by atoms with Crippen molar-refractivity contribution in [1.29, 1.82) is 0 Å². The van der Waals surface area contributed by atoms with Crippen molar-refractivity contribution in [3.8, 4) is 0 Å². The highest BCUT2D eigenvalue weighted by Gasteiger charge is 2.22. The van der Waals surface area contributed by atoms with Gasteiger partial charge in [0.1, 0.15) is 0 Å². The molecule has 0 bridgehead atoms. The molecule has 2 rings (SSSR count). The summed E-state index contributed by atoms with van der Waals surface area (Å²) in [6.45, 7) is 6.49. The Morgan fingerprint density at radius 3 is 2.40 bits per heavy atom. The first-order chi connectivity index (χ1) is 9.63. The lowest BCUT2D eigenvalue weighted by molar-refractivity contribution is 0.0608. The SMILES string of the molecule is CCC(CO)N1CCN(Cc2ccc(F)c(F)c2)CC1. The zero-order valence-electron chi connectivity index (χ0n) is 11.9. The van der Waals surface area contributed by atoms with Crippen molar-refractivity contribution in [1.82, 2.24) is 9.80 Å². The van der Waals surface area contributed by atoms with Crippen LogP contribution in [-0.2, 0) is 6.54 Å². The second-order valence-electron chi connectivity index (χ2n) is 5.31. The van der Waals surface area contributed by atoms with Gasteiger partial charge in [0.2, 0.25) is 0 Å². The first-order valence-corrected chi connectivity index (χ1v) is 7.15. The predicted molar refractivity (Wildman–Crippen MR) is 74.4 cm³/mol. The minimum atomic E-state index is -0.799. The molecule has 20 heavy (non-hydrogen) atoms. The van der Waals surface area contributed by atoms with Gasteiger partial charge in [0.05, 0.1) is 6.61 Å². The van der Waals surface area contributed by atoms with Gasteiger partial charge in [-0.25, -0.2) is 8.78 Å². The van der Waals surface area contributed by atoms with Crippen LogP contribution in [0.5, 0.6) is 0 Å². The van der Waals surface area contributed by atoms with Gasteiger partial charge in [-0.3, -0.25) is 9.80 Å². The summed E-state index contributed by atoms with van der Waals surface area (Å²) >= 11 is 0. The first-order valence-electron chi connectivity index (χ1n) is 7.15. The maximum atomic E-state index is 13.2. The number of hydrogen-bond donors (Lipinski definition) is 1. The van der Waals surface area contributed by atoms with Crippen molar-refractivity contribution in [2.45, 2.75) is 25.9 Å². The van der Waals surface area contributed by atoms with Gasteiger partial charge in [0.15, 0.2) is 11.6 Å². The van der Waals surface area contributed by atoms with E-state index >= 15 is 0 Å². The lowest BCUT2D eigenvalue weighted by Gasteiger charge is -2.38. The molecule has 1 saturated heterocycles. The van der Waals surface area contributed by atoms with E-state index in [1.165, 1.54) is 12.1 Å². The van der Waals surface area contributed by atoms with Crippen molar-refractivity contribution in [2.24, 2.45) is 0 Å². The maximum Gasteiger partial charge on any atom is 0.159 e. The largest absolute Gasteiger partial charge is 0.395 e. The third kappa shape index (κ3) is 3.75. The highest BCUT2D eigenvalue weighted by molar-refractivity contribution is 5.17. The molecule has 1 aromatic rings. The monoisotopic (exact) mass is 284 g/mol. The summed E-state index contributed by atoms with van der Waals surface area (Å²) in [7, 11) is 0. The van der Waals surface area contributed by atoms with Crippen LogP contribution in [0.1, 0.15) is 18.9 Å². The van der Waals surface area contributed by atoms with E-state index in [9.17, 15) is 13.9 Å². The third-order valence-electron chi connectivity index (χ3n) is 4.00. The lowest BCUT2D eigenvalue weighted by atomic mass is 10.1. The number of nitrogens with zero attached hydrogens (tertiary/aromatic N) is 2. The van der Waals surface area contributed by atoms with E-state index < -0.39 is 11.6 Å². The van der Waals surface area contributed by atoms with Crippen molar-refractivity contribution in [2.75, 3.05) is 32.8 Å². The molecule has 1 aliphatic rings. The zero-order valence-corrected chi connectivity index (χ0v) is 11.9. The molecular formula is C15H22F2N2O. The van der Waals surface area contributed by atoms with Gasteiger partial charge in [-0.05, 0) is 24.1 Å². The number of rotatable bonds is 5. The summed E-state index contributed by atoms with van der Waals surface area (Å²) in [6, 6.07) is 4.32. The van der Waals surface area contributed by atoms with Crippen molar-refractivity contribution in [3.63, 3.8) is 0 Å². The van der Waals surface area contributed by atoms with E-state index in [1.54, 1.807) is 6.07 Å². The quantitative estimate of drug-likeness (QED) is 0.894. The highest BCUT2D eigenvalue weighted by atomic mass is 19.2. The molecular weight excluding hydrogens is 262 g/mol. The summed E-state index contributed by atoms with van der Waals surface area (Å²) in [4.78, 5) is 4.52. The van der Waals surface area contributed by atoms with E-state index in [-0.39, 0.29) is 12.6 Å². The second-order valence-corrected chi connectivity index (χ2v) is 5.31. The van der Waals surface area contributed by atoms with Crippen molar-refractivity contribution >= 4 is 0 Å². The van der Waals surface area contributed by atoms with E-state index in [0.717, 1.165) is 38.2 Å². The van der Waals surface area contributed by atoms with E-state index in [2.05, 4.69) is 16.7 Å². The number of benzene rings is 1. The molecule has 0 aliphatic carbocycles. The van der Waals surface area contributed by atoms with Gasteiger partial charge in [0.25, 0.3) is 0 Å². The second kappa shape index (κ2) is 7.11. The van der Waals surface area contributed by atoms with E-state index in [1.807, 2.05) is 0 Å². The normalized spacial score (nSPS) is 19.2. The third-order valence-corrected chi connectivity index (χ3v) is 4.00. The molecule has 0 aromatic heterocycles. The Morgan fingerprint density at radius 2 is 1.85 bits per heavy atom. The lowest BCUT2D eigenvalue weighted by Crippen LogP contribution is -2.50. The van der Waals surface area contributed by atoms with Gasteiger partial charge in [-0.15, -0.1) is 0 Å². The molecule has 1 aromatic carbocycles. The van der Waals surface area contributed by atoms with Crippen LogP contribution >= 0.6 is 0 Å². The van der Waals surface area contributed by atoms with Gasteiger partial charge in [-0.2, -0.15) is 0 Å². The molecule has 1 atom stereocenters. The number of halogens is 2. The Hall–Kier alpha value is -1.04. The molecule has 1 N–H and O–H groups in total. The van der Waals surface area contributed by atoms with E-state index in [4.69, 9.17) is 0 Å². The van der Waals surface area contributed by atoms with Gasteiger partial charge >= 0.3 is 0 Å². The van der Waals surface area contributed by atoms with Crippen molar-refractivity contribution in [3.05, 3.63) is 35.4 Å². The molecule has 0 radical (unpaired) electrons. The Labute approximate surface area is 118 Å². The summed E-state index contributed by atoms with van der Waals surface area (Å²) in [6.07, 6.45) is 0.944. The minimum absolute atomic E-state index is 0.194. The average Bonchev–Trinajstić information content (AvgIpc) is 2.46. The van der Waals surface area contributed by atoms with Crippen molar-refractivity contribution < 1.29 is 13.9 Å². The average molecular weight is 284 g/mol. The van der Waals surface area contributed by atoms with Gasteiger partial charge in [-0.1, -0.05) is 13.0 Å². The number of aliphatic hydroxyl groups excluding tert-OH is 1. The van der Waals surface area contributed by atoms with Crippen LogP contribution in [0.2, 0.25) is 0 Å². The fourth-order valence-corrected chi connectivity index (χ4v) is 2.69. The zero-order chi connectivity index (χ0) is 14.5. The van der Waals surface area contributed by atoms with Crippen LogP contribution in [-0.4, -0.2) is 53.7 Å². The number of piperazine rings is 1. The molecule has 0 saturated carbocycles. The molecule has 0 spiro atoms. The molecule has 5 heteroatoms. The molecule has 1 fully saturated rings. The van der Waals surface area contributed by atoms with Crippen LogP contribution in [0.15, 0.2) is 18.2 Å². The minimum Gasteiger partial charge on any atom is -0.395 e. The van der Waals surface area contributed by atoms with Crippen LogP contribution in [0.4, 0.5) is 8.78 Å². The topological polar surface area (TPSA) is 26.7 Å².